The highest BCUT2D eigenvalue weighted by molar-refractivity contribution is 5.79. The van der Waals surface area contributed by atoms with Crippen molar-refractivity contribution in [3.05, 3.63) is 28.4 Å². The maximum absolute atomic E-state index is 11.8. The molecule has 3 heterocycles. The number of hydrogen-bond acceptors (Lipinski definition) is 5. The predicted molar refractivity (Wildman–Crippen MR) is 68.7 cm³/mol. The van der Waals surface area contributed by atoms with Crippen molar-refractivity contribution in [1.82, 2.24) is 19.9 Å². The van der Waals surface area contributed by atoms with Gasteiger partial charge in [-0.25, -0.2) is 4.98 Å². The van der Waals surface area contributed by atoms with Crippen molar-refractivity contribution < 1.29 is 10.2 Å². The zero-order chi connectivity index (χ0) is 13.7. The minimum atomic E-state index is -0.915. The third-order valence-corrected chi connectivity index (χ3v) is 3.77. The summed E-state index contributed by atoms with van der Waals surface area (Å²) < 4.78 is 1.68. The number of aryl methyl sites for hydroxylation is 1. The molecule has 1 unspecified atom stereocenters. The van der Waals surface area contributed by atoms with E-state index in [-0.39, 0.29) is 11.6 Å². The number of fused-ring (bicyclic) bond motifs is 1. The molecule has 1 aliphatic heterocycles. The molecule has 7 heteroatoms. The molecule has 2 aromatic rings. The summed E-state index contributed by atoms with van der Waals surface area (Å²) in [6, 6.07) is -0.639. The molecular weight excluding hydrogens is 248 g/mol. The Labute approximate surface area is 108 Å². The molecule has 102 valence electrons. The van der Waals surface area contributed by atoms with Gasteiger partial charge in [0.2, 0.25) is 0 Å². The summed E-state index contributed by atoms with van der Waals surface area (Å²) in [5.74, 6) is 0. The quantitative estimate of drug-likeness (QED) is 0.530. The average Bonchev–Trinajstić information content (AvgIpc) is 2.83. The van der Waals surface area contributed by atoms with Crippen molar-refractivity contribution in [2.75, 3.05) is 0 Å². The van der Waals surface area contributed by atoms with Crippen LogP contribution >= 0.6 is 0 Å². The molecule has 0 aliphatic carbocycles. The number of hydrogen-bond donors (Lipinski definition) is 4. The number of rotatable bonds is 1. The van der Waals surface area contributed by atoms with Crippen molar-refractivity contribution >= 4 is 11.0 Å². The van der Waals surface area contributed by atoms with Crippen LogP contribution in [0.1, 0.15) is 18.5 Å². The van der Waals surface area contributed by atoms with Crippen molar-refractivity contribution in [3.63, 3.8) is 0 Å². The van der Waals surface area contributed by atoms with E-state index in [0.717, 1.165) is 5.56 Å². The lowest BCUT2D eigenvalue weighted by Crippen LogP contribution is -2.29. The van der Waals surface area contributed by atoms with Crippen molar-refractivity contribution in [1.29, 1.82) is 0 Å². The molecule has 4 N–H and O–H groups in total. The van der Waals surface area contributed by atoms with Crippen LogP contribution in [0.5, 0.6) is 0 Å². The molecule has 3 rings (SSSR count). The molecule has 0 bridgehead atoms. The van der Waals surface area contributed by atoms with Crippen molar-refractivity contribution in [2.45, 2.75) is 31.2 Å². The molecule has 19 heavy (non-hydrogen) atoms. The number of aromatic amines is 1. The summed E-state index contributed by atoms with van der Waals surface area (Å²) >= 11 is 0. The first kappa shape index (κ1) is 12.3. The van der Waals surface area contributed by atoms with Gasteiger partial charge < -0.3 is 25.1 Å². The fourth-order valence-electron chi connectivity index (χ4n) is 2.74. The van der Waals surface area contributed by atoms with E-state index < -0.39 is 18.2 Å². The van der Waals surface area contributed by atoms with Crippen LogP contribution in [-0.4, -0.2) is 43.0 Å². The first-order valence-electron chi connectivity index (χ1n) is 6.15. The topological polar surface area (TPSA) is 103 Å². The molecule has 2 aromatic heterocycles. The number of aliphatic hydroxyl groups is 2. The van der Waals surface area contributed by atoms with Crippen LogP contribution in [0.3, 0.4) is 0 Å². The molecule has 0 radical (unpaired) electrons. The second-order valence-corrected chi connectivity index (χ2v) is 5.04. The molecule has 4 atom stereocenters. The van der Waals surface area contributed by atoms with Crippen molar-refractivity contribution in [3.8, 4) is 0 Å². The maximum atomic E-state index is 11.8. The van der Waals surface area contributed by atoms with Crippen LogP contribution < -0.4 is 10.9 Å². The highest BCUT2D eigenvalue weighted by Gasteiger charge is 2.40. The van der Waals surface area contributed by atoms with E-state index in [9.17, 15) is 15.0 Å². The molecule has 0 amide bonds. The highest BCUT2D eigenvalue weighted by atomic mass is 16.3. The zero-order valence-electron chi connectivity index (χ0n) is 10.7. The summed E-state index contributed by atoms with van der Waals surface area (Å²) in [7, 11) is 1.75. The zero-order valence-corrected chi connectivity index (χ0v) is 10.7. The first-order chi connectivity index (χ1) is 9.00. The Morgan fingerprint density at radius 2 is 2.11 bits per heavy atom. The Morgan fingerprint density at radius 3 is 2.74 bits per heavy atom. The van der Waals surface area contributed by atoms with E-state index >= 15 is 0 Å². The summed E-state index contributed by atoms with van der Waals surface area (Å²) in [4.78, 5) is 18.5. The van der Waals surface area contributed by atoms with E-state index in [1.165, 1.54) is 6.33 Å². The third kappa shape index (κ3) is 1.70. The molecule has 1 saturated heterocycles. The molecule has 0 aromatic carbocycles. The Kier molecular flexibility index (Phi) is 2.70. The van der Waals surface area contributed by atoms with Crippen LogP contribution in [0.25, 0.3) is 11.0 Å². The standard InChI is InChI=1S/C12H16N4O3/c1-5-10(17)11(18)8(15-5)6-3-16(2)9-7(6)13-4-14-12(9)19/h3-5,8,10-11,15,17-18H,1-2H3,(H,13,14,19)/t5-,8?,10-,11+/m1/s1. The van der Waals surface area contributed by atoms with Crippen molar-refractivity contribution in [2.24, 2.45) is 7.05 Å². The second-order valence-electron chi connectivity index (χ2n) is 5.04. The van der Waals surface area contributed by atoms with Gasteiger partial charge in [-0.2, -0.15) is 0 Å². The lowest BCUT2D eigenvalue weighted by Gasteiger charge is -2.14. The minimum absolute atomic E-state index is 0.211. The van der Waals surface area contributed by atoms with Crippen LogP contribution in [0.2, 0.25) is 0 Å². The Hall–Kier alpha value is -1.70. The highest BCUT2D eigenvalue weighted by Crippen LogP contribution is 2.31. The number of nitrogens with zero attached hydrogens (tertiary/aromatic N) is 2. The Balaban J connectivity index is 2.17. The van der Waals surface area contributed by atoms with Gasteiger partial charge in [-0.15, -0.1) is 0 Å². The summed E-state index contributed by atoms with van der Waals surface area (Å²) in [5.41, 5.74) is 1.50. The van der Waals surface area contributed by atoms with Gasteiger partial charge in [0.15, 0.2) is 0 Å². The number of H-pyrrole nitrogens is 1. The molecule has 0 spiro atoms. The van der Waals surface area contributed by atoms with Gasteiger partial charge in [-0.05, 0) is 6.92 Å². The lowest BCUT2D eigenvalue weighted by atomic mass is 10.0. The number of nitrogens with one attached hydrogen (secondary N) is 2. The van der Waals surface area contributed by atoms with Gasteiger partial charge in [-0.1, -0.05) is 0 Å². The van der Waals surface area contributed by atoms with Gasteiger partial charge in [0.05, 0.1) is 18.5 Å². The van der Waals surface area contributed by atoms with E-state index in [1.54, 1.807) is 24.7 Å². The second kappa shape index (κ2) is 4.16. The fourth-order valence-corrected chi connectivity index (χ4v) is 2.74. The fraction of sp³-hybridized carbons (Fsp3) is 0.500. The largest absolute Gasteiger partial charge is 0.389 e. The summed E-state index contributed by atoms with van der Waals surface area (Å²) in [6.45, 7) is 1.80. The van der Waals surface area contributed by atoms with Gasteiger partial charge >= 0.3 is 0 Å². The Bertz CT molecular complexity index is 677. The van der Waals surface area contributed by atoms with Crippen LogP contribution in [0.15, 0.2) is 17.3 Å². The van der Waals surface area contributed by atoms with Gasteiger partial charge in [0, 0.05) is 24.8 Å². The van der Waals surface area contributed by atoms with Crippen LogP contribution in [0, 0.1) is 0 Å². The third-order valence-electron chi connectivity index (χ3n) is 3.77. The molecule has 1 aliphatic rings. The normalized spacial score (nSPS) is 31.2. The van der Waals surface area contributed by atoms with E-state index in [0.29, 0.717) is 11.0 Å². The SMILES string of the molecule is C[C@H]1NC(c2cn(C)c3c(=O)[nH]cnc23)[C@H](O)[C@@H]1O. The Morgan fingerprint density at radius 1 is 1.37 bits per heavy atom. The van der Waals surface area contributed by atoms with Crippen LogP contribution in [0.4, 0.5) is 0 Å². The van der Waals surface area contributed by atoms with Gasteiger partial charge in [0.1, 0.15) is 17.1 Å². The summed E-state index contributed by atoms with van der Waals surface area (Å²) in [5, 5.41) is 23.0. The average molecular weight is 264 g/mol. The number of aromatic nitrogens is 3. The molecule has 1 fully saturated rings. The van der Waals surface area contributed by atoms with E-state index in [4.69, 9.17) is 0 Å². The smallest absolute Gasteiger partial charge is 0.275 e. The van der Waals surface area contributed by atoms with E-state index in [1.807, 2.05) is 0 Å². The minimum Gasteiger partial charge on any atom is -0.389 e. The molecule has 7 nitrogen and oxygen atoms in total. The first-order valence-corrected chi connectivity index (χ1v) is 6.15. The number of aliphatic hydroxyl groups excluding tert-OH is 2. The van der Waals surface area contributed by atoms with Crippen LogP contribution in [-0.2, 0) is 7.05 Å². The monoisotopic (exact) mass is 264 g/mol. The molecular formula is C12H16N4O3. The maximum Gasteiger partial charge on any atom is 0.275 e. The van der Waals surface area contributed by atoms with E-state index in [2.05, 4.69) is 15.3 Å². The summed E-state index contributed by atoms with van der Waals surface area (Å²) in [6.07, 6.45) is 1.36. The van der Waals surface area contributed by atoms with Gasteiger partial charge in [0.25, 0.3) is 5.56 Å². The van der Waals surface area contributed by atoms with Gasteiger partial charge in [-0.3, -0.25) is 4.79 Å². The lowest BCUT2D eigenvalue weighted by molar-refractivity contribution is 0.0302. The predicted octanol–water partition coefficient (Wildman–Crippen LogP) is -0.984. The molecule has 0 saturated carbocycles.